The van der Waals surface area contributed by atoms with Gasteiger partial charge in [-0.25, -0.2) is 19.2 Å². The van der Waals surface area contributed by atoms with Gasteiger partial charge in [0, 0.05) is 49.6 Å². The van der Waals surface area contributed by atoms with Crippen LogP contribution in [0.15, 0.2) is 36.7 Å². The number of nitrogens with one attached hydrogen (secondary N) is 2. The number of nitrogens with zero attached hydrogens (tertiary/aromatic N) is 3. The number of anilines is 2. The predicted molar refractivity (Wildman–Crippen MR) is 134 cm³/mol. The van der Waals surface area contributed by atoms with Gasteiger partial charge < -0.3 is 29.7 Å². The Hall–Kier alpha value is -3.37. The molecular formula is C25H27ClFN5O4. The van der Waals surface area contributed by atoms with Crippen molar-refractivity contribution in [3.05, 3.63) is 47.5 Å². The summed E-state index contributed by atoms with van der Waals surface area (Å²) in [5, 5.41) is 6.33. The number of rotatable bonds is 8. The van der Waals surface area contributed by atoms with E-state index in [1.165, 1.54) is 30.6 Å². The number of aromatic nitrogens is 2. The zero-order chi connectivity index (χ0) is 27.6. The highest BCUT2D eigenvalue weighted by atomic mass is 35.5. The van der Waals surface area contributed by atoms with Crippen LogP contribution in [0, 0.1) is 5.82 Å². The fraction of sp³-hybridized carbons (Fsp3) is 0.400. The molecule has 0 aliphatic carbocycles. The Morgan fingerprint density at radius 1 is 1.28 bits per heavy atom. The second kappa shape index (κ2) is 10.3. The first-order valence-corrected chi connectivity index (χ1v) is 12.0. The number of alkyl carbamates (subject to hydrolysis) is 1. The molecule has 0 unspecified atom stereocenters. The first-order chi connectivity index (χ1) is 18.6. The topological polar surface area (TPSA) is 97.8 Å². The molecule has 1 amide bonds. The van der Waals surface area contributed by atoms with Crippen LogP contribution >= 0.6 is 11.6 Å². The minimum atomic E-state index is -2.69. The number of methoxy groups -OCH3 is 1. The average Bonchev–Trinajstić information content (AvgIpc) is 3.24. The van der Waals surface area contributed by atoms with E-state index in [1.807, 2.05) is 0 Å². The van der Waals surface area contributed by atoms with Gasteiger partial charge in [0.15, 0.2) is 11.5 Å². The Kier molecular flexibility index (Phi) is 5.96. The summed E-state index contributed by atoms with van der Waals surface area (Å²) in [6.45, 7) is 3.23. The molecule has 5 rings (SSSR count). The van der Waals surface area contributed by atoms with Crippen LogP contribution in [0.4, 0.5) is 20.7 Å². The third-order valence-corrected chi connectivity index (χ3v) is 6.79. The van der Waals surface area contributed by atoms with Crippen molar-refractivity contribution < 1.29 is 27.5 Å². The van der Waals surface area contributed by atoms with Crippen molar-refractivity contribution in [3.63, 3.8) is 0 Å². The fourth-order valence-electron chi connectivity index (χ4n) is 4.50. The Labute approximate surface area is 217 Å². The second-order valence-corrected chi connectivity index (χ2v) is 9.27. The molecule has 2 aliphatic heterocycles. The minimum absolute atomic E-state index is 0.0347. The Morgan fingerprint density at radius 3 is 2.89 bits per heavy atom. The van der Waals surface area contributed by atoms with Crippen molar-refractivity contribution in [3.8, 4) is 11.5 Å². The van der Waals surface area contributed by atoms with E-state index in [-0.39, 0.29) is 22.6 Å². The number of hydrogen-bond donors (Lipinski definition) is 2. The van der Waals surface area contributed by atoms with Crippen molar-refractivity contribution in [2.45, 2.75) is 24.9 Å². The molecule has 0 radical (unpaired) electrons. The molecule has 3 heterocycles. The summed E-state index contributed by atoms with van der Waals surface area (Å²) in [6.07, 6.45) is 3.18. The van der Waals surface area contributed by atoms with E-state index in [0.717, 1.165) is 32.5 Å². The Balaban J connectivity index is 1.28. The maximum Gasteiger partial charge on any atom is 0.407 e. The molecule has 2 fully saturated rings. The Morgan fingerprint density at radius 2 is 2.14 bits per heavy atom. The standard InChI is InChI=1S/C25H27ClFN5O4/c1-34-21-13-20-17(23(30-15-29-20)31-16-3-4-19(27)18(26)11-16)12-22(21)35-10-2-7-32-8-5-25(6-9-32)14-28-24(33)36-25/h3-4,11-13,15H,2,5-10,14H2,1H3,(H,28,33)(H,29,30,31)/i1D3. The normalized spacial score (nSPS) is 18.7. The van der Waals surface area contributed by atoms with Crippen molar-refractivity contribution in [2.24, 2.45) is 0 Å². The molecule has 2 aromatic carbocycles. The zero-order valence-corrected chi connectivity index (χ0v) is 20.1. The van der Waals surface area contributed by atoms with Gasteiger partial charge >= 0.3 is 6.09 Å². The summed E-state index contributed by atoms with van der Waals surface area (Å²) in [5.41, 5.74) is 0.541. The molecule has 2 aliphatic rings. The predicted octanol–water partition coefficient (Wildman–Crippen LogP) is 4.52. The molecule has 11 heteroatoms. The SMILES string of the molecule is [2H]C([2H])([2H])Oc1cc2ncnc(Nc3ccc(F)c(Cl)c3)c2cc1OCCCN1CCC2(CC1)CNC(=O)O2. The number of carbonyl (C=O) groups excluding carboxylic acids is 1. The van der Waals surface area contributed by atoms with Gasteiger partial charge in [-0.3, -0.25) is 0 Å². The molecule has 9 nitrogen and oxygen atoms in total. The lowest BCUT2D eigenvalue weighted by Gasteiger charge is -2.37. The lowest BCUT2D eigenvalue weighted by Crippen LogP contribution is -2.46. The molecule has 0 saturated carbocycles. The lowest BCUT2D eigenvalue weighted by atomic mass is 9.91. The minimum Gasteiger partial charge on any atom is -0.493 e. The van der Waals surface area contributed by atoms with Gasteiger partial charge in [0.05, 0.1) is 34.8 Å². The fourth-order valence-corrected chi connectivity index (χ4v) is 4.68. The van der Waals surface area contributed by atoms with Crippen molar-refractivity contribution in [1.29, 1.82) is 0 Å². The highest BCUT2D eigenvalue weighted by molar-refractivity contribution is 6.31. The number of carbonyl (C=O) groups is 1. The Bertz CT molecular complexity index is 1370. The van der Waals surface area contributed by atoms with Gasteiger partial charge in [-0.15, -0.1) is 0 Å². The van der Waals surface area contributed by atoms with Gasteiger partial charge in [0.1, 0.15) is 23.6 Å². The second-order valence-electron chi connectivity index (χ2n) is 8.86. The summed E-state index contributed by atoms with van der Waals surface area (Å²) in [4.78, 5) is 22.2. The molecule has 1 spiro atoms. The van der Waals surface area contributed by atoms with E-state index in [2.05, 4.69) is 25.5 Å². The molecule has 1 aromatic heterocycles. The molecule has 2 saturated heterocycles. The third kappa shape index (κ3) is 5.24. The van der Waals surface area contributed by atoms with E-state index < -0.39 is 18.5 Å². The summed E-state index contributed by atoms with van der Waals surface area (Å²) in [7, 11) is -2.69. The molecule has 0 atom stereocenters. The maximum absolute atomic E-state index is 13.6. The summed E-state index contributed by atoms with van der Waals surface area (Å²) < 4.78 is 52.9. The number of piperidine rings is 1. The van der Waals surface area contributed by atoms with Crippen molar-refractivity contribution >= 4 is 40.1 Å². The van der Waals surface area contributed by atoms with Crippen LogP contribution in [0.3, 0.4) is 0 Å². The monoisotopic (exact) mass is 518 g/mol. The van der Waals surface area contributed by atoms with Crippen LogP contribution < -0.4 is 20.1 Å². The van der Waals surface area contributed by atoms with Gasteiger partial charge in [-0.2, -0.15) is 0 Å². The van der Waals surface area contributed by atoms with E-state index in [1.54, 1.807) is 6.07 Å². The molecular weight excluding hydrogens is 489 g/mol. The highest BCUT2D eigenvalue weighted by Gasteiger charge is 2.42. The maximum atomic E-state index is 13.6. The van der Waals surface area contributed by atoms with Crippen LogP contribution in [-0.4, -0.2) is 66.4 Å². The molecule has 3 aromatic rings. The quantitative estimate of drug-likeness (QED) is 0.420. The van der Waals surface area contributed by atoms with Crippen LogP contribution in [0.5, 0.6) is 11.5 Å². The molecule has 2 N–H and O–H groups in total. The van der Waals surface area contributed by atoms with Crippen molar-refractivity contribution in [2.75, 3.05) is 45.1 Å². The third-order valence-electron chi connectivity index (χ3n) is 6.50. The molecule has 190 valence electrons. The lowest BCUT2D eigenvalue weighted by molar-refractivity contribution is 0.000130. The van der Waals surface area contributed by atoms with Crippen LogP contribution in [0.2, 0.25) is 5.02 Å². The average molecular weight is 519 g/mol. The van der Waals surface area contributed by atoms with E-state index in [4.69, 9.17) is 29.9 Å². The smallest absolute Gasteiger partial charge is 0.407 e. The molecule has 0 bridgehead atoms. The first-order valence-electron chi connectivity index (χ1n) is 13.1. The van der Waals surface area contributed by atoms with Crippen LogP contribution in [0.25, 0.3) is 10.9 Å². The number of halogens is 2. The van der Waals surface area contributed by atoms with Gasteiger partial charge in [-0.1, -0.05) is 11.6 Å². The molecule has 36 heavy (non-hydrogen) atoms. The first kappa shape index (κ1) is 20.8. The van der Waals surface area contributed by atoms with Gasteiger partial charge in [0.25, 0.3) is 0 Å². The van der Waals surface area contributed by atoms with E-state index in [9.17, 15) is 9.18 Å². The highest BCUT2D eigenvalue weighted by Crippen LogP contribution is 2.35. The number of amides is 1. The van der Waals surface area contributed by atoms with E-state index in [0.29, 0.717) is 42.0 Å². The number of hydrogen-bond acceptors (Lipinski definition) is 8. The number of fused-ring (bicyclic) bond motifs is 1. The summed E-state index contributed by atoms with van der Waals surface area (Å²) >= 11 is 5.91. The van der Waals surface area contributed by atoms with Gasteiger partial charge in [0.2, 0.25) is 0 Å². The van der Waals surface area contributed by atoms with Crippen LogP contribution in [-0.2, 0) is 4.74 Å². The number of benzene rings is 2. The summed E-state index contributed by atoms with van der Waals surface area (Å²) in [5.74, 6) is 0.125. The van der Waals surface area contributed by atoms with Gasteiger partial charge in [-0.05, 0) is 30.7 Å². The zero-order valence-electron chi connectivity index (χ0n) is 22.4. The van der Waals surface area contributed by atoms with Crippen molar-refractivity contribution in [1.82, 2.24) is 20.2 Å². The summed E-state index contributed by atoms with van der Waals surface area (Å²) in [6, 6.07) is 7.31. The number of ether oxygens (including phenoxy) is 3. The largest absolute Gasteiger partial charge is 0.493 e. The number of likely N-dealkylation sites (tertiary alicyclic amines) is 1. The van der Waals surface area contributed by atoms with Crippen LogP contribution in [0.1, 0.15) is 23.4 Å². The van der Waals surface area contributed by atoms with E-state index >= 15 is 0 Å².